The second-order valence-corrected chi connectivity index (χ2v) is 6.11. The van der Waals surface area contributed by atoms with Crippen LogP contribution in [0.5, 0.6) is 5.75 Å². The van der Waals surface area contributed by atoms with Gasteiger partial charge in [0, 0.05) is 0 Å². The average Bonchev–Trinajstić information content (AvgIpc) is 3.18. The van der Waals surface area contributed by atoms with E-state index < -0.39 is 0 Å². The lowest BCUT2D eigenvalue weighted by atomic mass is 9.85. The van der Waals surface area contributed by atoms with Crippen molar-refractivity contribution in [1.29, 1.82) is 0 Å². The smallest absolute Gasteiger partial charge is 0.234 e. The molecule has 0 unspecified atom stereocenters. The molecule has 1 aromatic rings. The third-order valence-electron chi connectivity index (χ3n) is 5.06. The van der Waals surface area contributed by atoms with Gasteiger partial charge in [0.2, 0.25) is 11.8 Å². The van der Waals surface area contributed by atoms with Crippen LogP contribution in [-0.4, -0.2) is 23.8 Å². The molecule has 4 rings (SSSR count). The van der Waals surface area contributed by atoms with Crippen LogP contribution in [0.25, 0.3) is 0 Å². The molecule has 108 valence electrons. The lowest BCUT2D eigenvalue weighted by Gasteiger charge is -2.17. The number of nitrogens with zero attached hydrogens (tertiary/aromatic N) is 1. The molecule has 4 nitrogen and oxygen atoms in total. The zero-order valence-corrected chi connectivity index (χ0v) is 11.9. The van der Waals surface area contributed by atoms with E-state index in [2.05, 4.69) is 12.2 Å². The van der Waals surface area contributed by atoms with Gasteiger partial charge in [-0.05, 0) is 36.0 Å². The Balaban J connectivity index is 1.56. The van der Waals surface area contributed by atoms with Crippen molar-refractivity contribution in [3.63, 3.8) is 0 Å². The highest BCUT2D eigenvalue weighted by Crippen LogP contribution is 2.52. The Kier molecular flexibility index (Phi) is 2.67. The molecule has 1 saturated carbocycles. The number of ether oxygens (including phenoxy) is 1. The van der Waals surface area contributed by atoms with Crippen molar-refractivity contribution in [2.75, 3.05) is 7.11 Å². The third kappa shape index (κ3) is 1.75. The van der Waals surface area contributed by atoms with Crippen LogP contribution in [0.1, 0.15) is 12.0 Å². The van der Waals surface area contributed by atoms with E-state index in [0.29, 0.717) is 6.54 Å². The number of likely N-dealkylation sites (tertiary alicyclic amines) is 1. The normalized spacial score (nSPS) is 32.9. The van der Waals surface area contributed by atoms with Crippen molar-refractivity contribution in [2.24, 2.45) is 23.7 Å². The number of rotatable bonds is 3. The van der Waals surface area contributed by atoms with Gasteiger partial charge in [0.15, 0.2) is 0 Å². The van der Waals surface area contributed by atoms with Gasteiger partial charge in [-0.3, -0.25) is 14.5 Å². The summed E-state index contributed by atoms with van der Waals surface area (Å²) in [6, 6.07) is 7.51. The van der Waals surface area contributed by atoms with Gasteiger partial charge in [0.25, 0.3) is 0 Å². The minimum Gasteiger partial charge on any atom is -0.497 e. The molecule has 2 aliphatic carbocycles. The fraction of sp³-hybridized carbons (Fsp3) is 0.412. The Labute approximate surface area is 123 Å². The van der Waals surface area contributed by atoms with E-state index in [1.54, 1.807) is 7.11 Å². The number of fused-ring (bicyclic) bond motifs is 5. The predicted octanol–water partition coefficient (Wildman–Crippen LogP) is 2.00. The van der Waals surface area contributed by atoms with Crippen LogP contribution >= 0.6 is 0 Å². The number of amides is 2. The van der Waals surface area contributed by atoms with Gasteiger partial charge in [-0.15, -0.1) is 0 Å². The molecular formula is C17H17NO3. The number of methoxy groups -OCH3 is 1. The third-order valence-corrected chi connectivity index (χ3v) is 5.06. The summed E-state index contributed by atoms with van der Waals surface area (Å²) in [5, 5.41) is 0. The molecule has 1 saturated heterocycles. The first-order valence-corrected chi connectivity index (χ1v) is 7.35. The maximum atomic E-state index is 12.6. The predicted molar refractivity (Wildman–Crippen MR) is 76.3 cm³/mol. The summed E-state index contributed by atoms with van der Waals surface area (Å²) in [7, 11) is 1.62. The maximum Gasteiger partial charge on any atom is 0.234 e. The minimum atomic E-state index is -0.106. The number of allylic oxidation sites excluding steroid dienone is 2. The molecule has 3 aliphatic rings. The Morgan fingerprint density at radius 1 is 1.05 bits per heavy atom. The lowest BCUT2D eigenvalue weighted by molar-refractivity contribution is -0.141. The monoisotopic (exact) mass is 283 g/mol. The average molecular weight is 283 g/mol. The molecule has 0 radical (unpaired) electrons. The summed E-state index contributed by atoms with van der Waals surface area (Å²) in [5.74, 6) is 1.14. The van der Waals surface area contributed by atoms with Crippen molar-refractivity contribution in [3.8, 4) is 5.75 Å². The first-order valence-electron chi connectivity index (χ1n) is 7.35. The van der Waals surface area contributed by atoms with Gasteiger partial charge >= 0.3 is 0 Å². The van der Waals surface area contributed by atoms with Crippen LogP contribution < -0.4 is 4.74 Å². The Morgan fingerprint density at radius 3 is 2.14 bits per heavy atom. The van der Waals surface area contributed by atoms with Crippen LogP contribution in [0, 0.1) is 23.7 Å². The minimum absolute atomic E-state index is 0.0117. The maximum absolute atomic E-state index is 12.6. The lowest BCUT2D eigenvalue weighted by Crippen LogP contribution is -2.32. The summed E-state index contributed by atoms with van der Waals surface area (Å²) in [4.78, 5) is 26.6. The fourth-order valence-corrected chi connectivity index (χ4v) is 4.03. The molecule has 21 heavy (non-hydrogen) atoms. The molecule has 1 aliphatic heterocycles. The number of imide groups is 1. The highest BCUT2D eigenvalue weighted by Gasteiger charge is 2.59. The molecule has 4 atom stereocenters. The van der Waals surface area contributed by atoms with Gasteiger partial charge in [-0.1, -0.05) is 24.3 Å². The largest absolute Gasteiger partial charge is 0.497 e. The Bertz CT molecular complexity index is 604. The first kappa shape index (κ1) is 12.6. The molecule has 0 aromatic heterocycles. The number of benzene rings is 1. The van der Waals surface area contributed by atoms with Crippen molar-refractivity contribution < 1.29 is 14.3 Å². The molecule has 0 N–H and O–H groups in total. The molecule has 2 amide bonds. The second-order valence-electron chi connectivity index (χ2n) is 6.11. The molecule has 2 fully saturated rings. The molecule has 0 spiro atoms. The SMILES string of the molecule is COc1ccc(CN2C(=O)[C@H]3[C@H](C2=O)[C@H]2C=C[C@H]3C2)cc1. The summed E-state index contributed by atoms with van der Waals surface area (Å²) in [5.41, 5.74) is 0.956. The van der Waals surface area contributed by atoms with Crippen LogP contribution in [0.4, 0.5) is 0 Å². The Hall–Kier alpha value is -2.10. The molecule has 4 heteroatoms. The summed E-state index contributed by atoms with van der Waals surface area (Å²) >= 11 is 0. The van der Waals surface area contributed by atoms with E-state index in [4.69, 9.17) is 4.74 Å². The van der Waals surface area contributed by atoms with Crippen molar-refractivity contribution in [3.05, 3.63) is 42.0 Å². The highest BCUT2D eigenvalue weighted by molar-refractivity contribution is 6.06. The van der Waals surface area contributed by atoms with Gasteiger partial charge in [0.1, 0.15) is 5.75 Å². The molecule has 2 bridgehead atoms. The summed E-state index contributed by atoms with van der Waals surface area (Å²) < 4.78 is 5.12. The van der Waals surface area contributed by atoms with E-state index in [0.717, 1.165) is 17.7 Å². The van der Waals surface area contributed by atoms with Crippen molar-refractivity contribution in [1.82, 2.24) is 4.90 Å². The molecular weight excluding hydrogens is 266 g/mol. The number of carbonyl (C=O) groups is 2. The second kappa shape index (κ2) is 4.45. The van der Waals surface area contributed by atoms with Crippen LogP contribution in [0.15, 0.2) is 36.4 Å². The van der Waals surface area contributed by atoms with Crippen LogP contribution in [0.3, 0.4) is 0 Å². The van der Waals surface area contributed by atoms with E-state index in [9.17, 15) is 9.59 Å². The van der Waals surface area contributed by atoms with E-state index in [1.807, 2.05) is 24.3 Å². The van der Waals surface area contributed by atoms with Gasteiger partial charge in [-0.25, -0.2) is 0 Å². The summed E-state index contributed by atoms with van der Waals surface area (Å²) in [6.45, 7) is 0.369. The van der Waals surface area contributed by atoms with Gasteiger partial charge in [0.05, 0.1) is 25.5 Å². The van der Waals surface area contributed by atoms with Crippen LogP contribution in [-0.2, 0) is 16.1 Å². The number of carbonyl (C=O) groups excluding carboxylic acids is 2. The van der Waals surface area contributed by atoms with Crippen molar-refractivity contribution in [2.45, 2.75) is 13.0 Å². The van der Waals surface area contributed by atoms with E-state index >= 15 is 0 Å². The van der Waals surface area contributed by atoms with Gasteiger partial charge < -0.3 is 4.74 Å². The zero-order valence-electron chi connectivity index (χ0n) is 11.9. The first-order chi connectivity index (χ1) is 10.2. The van der Waals surface area contributed by atoms with Crippen molar-refractivity contribution >= 4 is 11.8 Å². The quantitative estimate of drug-likeness (QED) is 0.629. The fourth-order valence-electron chi connectivity index (χ4n) is 4.03. The number of hydrogen-bond donors (Lipinski definition) is 0. The Morgan fingerprint density at radius 2 is 1.62 bits per heavy atom. The summed E-state index contributed by atoms with van der Waals surface area (Å²) in [6.07, 6.45) is 5.21. The zero-order chi connectivity index (χ0) is 14.6. The van der Waals surface area contributed by atoms with Gasteiger partial charge in [-0.2, -0.15) is 0 Å². The molecule has 1 aromatic carbocycles. The topological polar surface area (TPSA) is 46.6 Å². The number of hydrogen-bond acceptors (Lipinski definition) is 3. The van der Waals surface area contributed by atoms with E-state index in [1.165, 1.54) is 4.90 Å². The van der Waals surface area contributed by atoms with Crippen LogP contribution in [0.2, 0.25) is 0 Å². The standard InChI is InChI=1S/C17H17NO3/c1-21-13-6-2-10(3-7-13)9-18-16(19)14-11-4-5-12(8-11)15(14)17(18)20/h2-7,11-12,14-15H,8-9H2,1H3/t11-,12-,14+,15+/m0/s1. The molecule has 1 heterocycles. The van der Waals surface area contributed by atoms with E-state index in [-0.39, 0.29) is 35.5 Å². The highest BCUT2D eigenvalue weighted by atomic mass is 16.5.